The van der Waals surface area contributed by atoms with Gasteiger partial charge in [-0.1, -0.05) is 6.07 Å². The van der Waals surface area contributed by atoms with E-state index < -0.39 is 15.7 Å². The van der Waals surface area contributed by atoms with E-state index in [0.29, 0.717) is 34.3 Å². The highest BCUT2D eigenvalue weighted by atomic mass is 32.3. The van der Waals surface area contributed by atoms with Gasteiger partial charge in [0.25, 0.3) is 5.91 Å². The number of amidine groups is 2. The molecule has 1 N–H and O–H groups in total. The summed E-state index contributed by atoms with van der Waals surface area (Å²) in [6.07, 6.45) is 2.42. The second-order valence-electron chi connectivity index (χ2n) is 7.89. The van der Waals surface area contributed by atoms with Gasteiger partial charge in [0.1, 0.15) is 6.61 Å². The van der Waals surface area contributed by atoms with Crippen molar-refractivity contribution in [2.24, 2.45) is 10.1 Å². The molecule has 3 aliphatic rings. The van der Waals surface area contributed by atoms with E-state index in [1.165, 1.54) is 20.3 Å². The predicted octanol–water partition coefficient (Wildman–Crippen LogP) is 2.63. The Labute approximate surface area is 215 Å². The molecule has 0 fully saturated rings. The zero-order valence-electron chi connectivity index (χ0n) is 19.8. The lowest BCUT2D eigenvalue weighted by Crippen LogP contribution is -2.35. The Balaban J connectivity index is 1.43. The van der Waals surface area contributed by atoms with Crippen LogP contribution in [0.4, 0.5) is 0 Å². The molecule has 2 aromatic rings. The van der Waals surface area contributed by atoms with Gasteiger partial charge < -0.3 is 23.7 Å². The molecule has 0 atom stereocenters. The zero-order chi connectivity index (χ0) is 26.3. The summed E-state index contributed by atoms with van der Waals surface area (Å²) in [7, 11) is -0.697. The number of aliphatic imine (C=N–C) groups is 1. The topological polar surface area (TPSA) is 149 Å². The lowest BCUT2D eigenvalue weighted by atomic mass is 10.1. The number of fused-ring (bicyclic) bond motifs is 2. The number of methoxy groups -OCH3 is 2. The fourth-order valence-corrected chi connectivity index (χ4v) is 5.29. The van der Waals surface area contributed by atoms with Crippen molar-refractivity contribution in [1.82, 2.24) is 5.01 Å². The van der Waals surface area contributed by atoms with Gasteiger partial charge in [-0.25, -0.2) is 8.42 Å². The number of benzene rings is 2. The van der Waals surface area contributed by atoms with Crippen LogP contribution in [0.15, 0.2) is 46.0 Å². The fraction of sp³-hybridized carbons (Fsp3) is 0.217. The van der Waals surface area contributed by atoms with Crippen molar-refractivity contribution in [3.8, 4) is 28.7 Å². The molecule has 1 amide bonds. The number of hydrogen-bond acceptors (Lipinski definition) is 11. The molecule has 0 aromatic heterocycles. The van der Waals surface area contributed by atoms with Gasteiger partial charge in [-0.05, 0) is 53.2 Å². The van der Waals surface area contributed by atoms with E-state index in [4.69, 9.17) is 29.1 Å². The SMILES string of the molecule is COc1cc(/C=C2/C(=N)N3N=C(S(C)(=O)=O)SC3=NC2=O)cc(OC)c1OCc1ccc2c(c1)OCO2. The van der Waals surface area contributed by atoms with Crippen LogP contribution in [-0.4, -0.2) is 62.0 Å². The van der Waals surface area contributed by atoms with Crippen molar-refractivity contribution in [1.29, 1.82) is 5.41 Å². The lowest BCUT2D eigenvalue weighted by molar-refractivity contribution is -0.114. The molecular formula is C23H20N4O8S2. The average molecular weight is 545 g/mol. The summed E-state index contributed by atoms with van der Waals surface area (Å²) in [6, 6.07) is 8.72. The highest BCUT2D eigenvalue weighted by Crippen LogP contribution is 2.41. The number of hydrazone groups is 1. The van der Waals surface area contributed by atoms with E-state index >= 15 is 0 Å². The van der Waals surface area contributed by atoms with Crippen LogP contribution < -0.4 is 23.7 Å². The van der Waals surface area contributed by atoms with E-state index in [2.05, 4.69) is 10.1 Å². The molecule has 3 heterocycles. The second kappa shape index (κ2) is 9.44. The smallest absolute Gasteiger partial charge is 0.283 e. The minimum absolute atomic E-state index is 0.00926. The van der Waals surface area contributed by atoms with Crippen molar-refractivity contribution in [2.75, 3.05) is 27.3 Å². The molecule has 14 heteroatoms. The predicted molar refractivity (Wildman–Crippen MR) is 136 cm³/mol. The first-order chi connectivity index (χ1) is 17.7. The number of ether oxygens (including phenoxy) is 5. The number of sulfone groups is 1. The van der Waals surface area contributed by atoms with E-state index in [1.807, 2.05) is 12.1 Å². The molecule has 37 heavy (non-hydrogen) atoms. The quantitative estimate of drug-likeness (QED) is 0.538. The first kappa shape index (κ1) is 24.6. The van der Waals surface area contributed by atoms with Crippen LogP contribution in [0.5, 0.6) is 28.7 Å². The van der Waals surface area contributed by atoms with Crippen LogP contribution in [-0.2, 0) is 21.2 Å². The Morgan fingerprint density at radius 3 is 2.51 bits per heavy atom. The largest absolute Gasteiger partial charge is 0.493 e. The third kappa shape index (κ3) is 4.72. The van der Waals surface area contributed by atoms with Gasteiger partial charge in [-0.3, -0.25) is 10.2 Å². The second-order valence-corrected chi connectivity index (χ2v) is 11.0. The number of carbonyl (C=O) groups is 1. The van der Waals surface area contributed by atoms with Crippen molar-refractivity contribution in [3.05, 3.63) is 47.0 Å². The maximum absolute atomic E-state index is 12.7. The van der Waals surface area contributed by atoms with Gasteiger partial charge >= 0.3 is 0 Å². The highest BCUT2D eigenvalue weighted by molar-refractivity contribution is 8.42. The molecule has 0 aliphatic carbocycles. The van der Waals surface area contributed by atoms with Gasteiger partial charge in [0.15, 0.2) is 28.8 Å². The first-order valence-corrected chi connectivity index (χ1v) is 13.4. The number of amides is 1. The van der Waals surface area contributed by atoms with Crippen LogP contribution >= 0.6 is 11.8 Å². The van der Waals surface area contributed by atoms with Gasteiger partial charge in [0.2, 0.25) is 31.9 Å². The molecular weight excluding hydrogens is 524 g/mol. The van der Waals surface area contributed by atoms with Crippen LogP contribution in [0, 0.1) is 5.41 Å². The lowest BCUT2D eigenvalue weighted by Gasteiger charge is -2.20. The van der Waals surface area contributed by atoms with Crippen LogP contribution in [0.2, 0.25) is 0 Å². The maximum atomic E-state index is 12.7. The number of hydrogen-bond donors (Lipinski definition) is 1. The van der Waals surface area contributed by atoms with Crippen LogP contribution in [0.25, 0.3) is 6.08 Å². The highest BCUT2D eigenvalue weighted by Gasteiger charge is 2.38. The Bertz CT molecular complexity index is 1510. The van der Waals surface area contributed by atoms with Gasteiger partial charge in [-0.15, -0.1) is 5.10 Å². The standard InChI is InChI=1S/C23H20N4O8S2/c1-31-17-8-13(6-14-20(24)27-22(25-21(14)28)36-23(26-27)37(3,29)30)9-18(32-2)19(17)33-10-12-4-5-15-16(7-12)35-11-34-15/h4-9,24H,10-11H2,1-3H3/b14-6-,24-20?. The Kier molecular flexibility index (Phi) is 6.29. The summed E-state index contributed by atoms with van der Waals surface area (Å²) >= 11 is 0.719. The minimum atomic E-state index is -3.63. The normalized spacial score (nSPS) is 17.5. The van der Waals surface area contributed by atoms with E-state index in [1.54, 1.807) is 18.2 Å². The minimum Gasteiger partial charge on any atom is -0.493 e. The Morgan fingerprint density at radius 1 is 1.14 bits per heavy atom. The molecule has 0 saturated heterocycles. The number of thioether (sulfide) groups is 1. The van der Waals surface area contributed by atoms with Crippen molar-refractivity contribution >= 4 is 49.0 Å². The molecule has 5 rings (SSSR count). The summed E-state index contributed by atoms with van der Waals surface area (Å²) in [4.78, 5) is 16.6. The van der Waals surface area contributed by atoms with Crippen LogP contribution in [0.3, 0.4) is 0 Å². The van der Waals surface area contributed by atoms with Gasteiger partial charge in [-0.2, -0.15) is 10.0 Å². The molecule has 0 spiro atoms. The summed E-state index contributed by atoms with van der Waals surface area (Å²) in [5, 5.41) is 13.4. The summed E-state index contributed by atoms with van der Waals surface area (Å²) in [5.74, 6) is 1.31. The molecule has 0 unspecified atom stereocenters. The van der Waals surface area contributed by atoms with Gasteiger partial charge in [0.05, 0.1) is 19.8 Å². The number of carbonyl (C=O) groups excluding carboxylic acids is 1. The van der Waals surface area contributed by atoms with Gasteiger partial charge in [0, 0.05) is 6.26 Å². The summed E-state index contributed by atoms with van der Waals surface area (Å²) < 4.78 is 51.2. The summed E-state index contributed by atoms with van der Waals surface area (Å²) in [6.45, 7) is 0.365. The molecule has 0 saturated carbocycles. The van der Waals surface area contributed by atoms with E-state index in [0.717, 1.165) is 28.6 Å². The fourth-order valence-electron chi connectivity index (χ4n) is 3.60. The van der Waals surface area contributed by atoms with Crippen LogP contribution in [0.1, 0.15) is 11.1 Å². The first-order valence-electron chi connectivity index (χ1n) is 10.7. The molecule has 2 aromatic carbocycles. The number of nitrogens with one attached hydrogen (secondary N) is 1. The van der Waals surface area contributed by atoms with Crippen molar-refractivity contribution in [2.45, 2.75) is 6.61 Å². The summed E-state index contributed by atoms with van der Waals surface area (Å²) in [5.41, 5.74) is 1.22. The third-order valence-corrected chi connectivity index (χ3v) is 7.94. The average Bonchev–Trinajstić information content (AvgIpc) is 3.52. The number of nitrogens with zero attached hydrogens (tertiary/aromatic N) is 3. The molecule has 192 valence electrons. The molecule has 0 radical (unpaired) electrons. The molecule has 0 bridgehead atoms. The van der Waals surface area contributed by atoms with E-state index in [-0.39, 0.29) is 34.4 Å². The van der Waals surface area contributed by atoms with Crippen molar-refractivity contribution in [3.63, 3.8) is 0 Å². The van der Waals surface area contributed by atoms with Crippen molar-refractivity contribution < 1.29 is 36.9 Å². The number of rotatable bonds is 6. The molecule has 12 nitrogen and oxygen atoms in total. The zero-order valence-corrected chi connectivity index (χ0v) is 21.4. The monoisotopic (exact) mass is 544 g/mol. The third-order valence-electron chi connectivity index (χ3n) is 5.37. The molecule has 3 aliphatic heterocycles. The Morgan fingerprint density at radius 2 is 1.84 bits per heavy atom. The maximum Gasteiger partial charge on any atom is 0.283 e. The van der Waals surface area contributed by atoms with E-state index in [9.17, 15) is 13.2 Å². The Hall–Kier alpha value is -4.04.